The predicted octanol–water partition coefficient (Wildman–Crippen LogP) is 4.10. The number of nitrogens with zero attached hydrogens (tertiary/aromatic N) is 3. The highest BCUT2D eigenvalue weighted by molar-refractivity contribution is 7.13. The molecule has 2 unspecified atom stereocenters. The van der Waals surface area contributed by atoms with Crippen molar-refractivity contribution in [3.05, 3.63) is 34.8 Å². The SMILES string of the molecule is Cc1nn(C)c2nc(-c3cccs3)cc(C(=O)NC3CCCCC3CN)c12.Cl.Cl. The molecule has 158 valence electrons. The van der Waals surface area contributed by atoms with Gasteiger partial charge in [0.15, 0.2) is 5.65 Å². The van der Waals surface area contributed by atoms with Gasteiger partial charge in [0.05, 0.1) is 27.2 Å². The largest absolute Gasteiger partial charge is 0.349 e. The summed E-state index contributed by atoms with van der Waals surface area (Å²) in [6, 6.07) is 6.06. The van der Waals surface area contributed by atoms with Crippen LogP contribution >= 0.6 is 36.2 Å². The van der Waals surface area contributed by atoms with Crippen LogP contribution in [0.2, 0.25) is 0 Å². The lowest BCUT2D eigenvalue weighted by Gasteiger charge is -2.31. The molecule has 3 aromatic rings. The second kappa shape index (κ2) is 9.89. The Balaban J connectivity index is 0.00000150. The predicted molar refractivity (Wildman–Crippen MR) is 123 cm³/mol. The molecule has 4 rings (SSSR count). The smallest absolute Gasteiger partial charge is 0.252 e. The standard InChI is InChI=1S/C20H25N5OS.2ClH/c1-12-18-14(20(26)23-15-7-4-3-6-13(15)11-21)10-16(17-8-5-9-27-17)22-19(18)25(2)24-12;;/h5,8-10,13,15H,3-4,6-7,11,21H2,1-2H3,(H,23,26);2*1H. The minimum atomic E-state index is -0.0540. The quantitative estimate of drug-likeness (QED) is 0.619. The Hall–Kier alpha value is -1.67. The van der Waals surface area contributed by atoms with E-state index in [9.17, 15) is 4.79 Å². The summed E-state index contributed by atoms with van der Waals surface area (Å²) in [5.74, 6) is 0.299. The molecule has 6 nitrogen and oxygen atoms in total. The summed E-state index contributed by atoms with van der Waals surface area (Å²) in [5.41, 5.74) is 8.96. The van der Waals surface area contributed by atoms with Crippen LogP contribution in [0.5, 0.6) is 0 Å². The van der Waals surface area contributed by atoms with Crippen LogP contribution in [-0.2, 0) is 7.05 Å². The number of fused-ring (bicyclic) bond motifs is 1. The van der Waals surface area contributed by atoms with E-state index in [0.29, 0.717) is 18.0 Å². The van der Waals surface area contributed by atoms with Crippen LogP contribution in [0, 0.1) is 12.8 Å². The number of hydrogen-bond acceptors (Lipinski definition) is 5. The molecule has 0 radical (unpaired) electrons. The van der Waals surface area contributed by atoms with E-state index in [0.717, 1.165) is 46.6 Å². The maximum absolute atomic E-state index is 13.3. The summed E-state index contributed by atoms with van der Waals surface area (Å²) in [5, 5.41) is 10.6. The summed E-state index contributed by atoms with van der Waals surface area (Å²) in [6.45, 7) is 2.54. The van der Waals surface area contributed by atoms with Crippen molar-refractivity contribution in [2.45, 2.75) is 38.6 Å². The Labute approximate surface area is 187 Å². The number of halogens is 2. The third-order valence-corrected chi connectivity index (χ3v) is 6.41. The minimum absolute atomic E-state index is 0. The zero-order chi connectivity index (χ0) is 19.0. The fraction of sp³-hybridized carbons (Fsp3) is 0.450. The molecule has 0 aliphatic heterocycles. The molecule has 1 aliphatic carbocycles. The average Bonchev–Trinajstić information content (AvgIpc) is 3.30. The van der Waals surface area contributed by atoms with Gasteiger partial charge in [-0.15, -0.1) is 36.2 Å². The third-order valence-electron chi connectivity index (χ3n) is 5.52. The molecule has 3 aromatic heterocycles. The van der Waals surface area contributed by atoms with Crippen molar-refractivity contribution in [3.8, 4) is 10.6 Å². The summed E-state index contributed by atoms with van der Waals surface area (Å²) in [7, 11) is 1.87. The van der Waals surface area contributed by atoms with E-state index in [1.54, 1.807) is 16.0 Å². The number of thiophene rings is 1. The minimum Gasteiger partial charge on any atom is -0.349 e. The van der Waals surface area contributed by atoms with Gasteiger partial charge in [-0.05, 0) is 49.7 Å². The zero-order valence-electron chi connectivity index (χ0n) is 16.6. The molecular formula is C20H27Cl2N5OS. The van der Waals surface area contributed by atoms with E-state index in [1.165, 1.54) is 6.42 Å². The Morgan fingerprint density at radius 2 is 2.10 bits per heavy atom. The van der Waals surface area contributed by atoms with Crippen molar-refractivity contribution in [3.63, 3.8) is 0 Å². The summed E-state index contributed by atoms with van der Waals surface area (Å²) < 4.78 is 1.75. The van der Waals surface area contributed by atoms with Gasteiger partial charge in [0, 0.05) is 13.1 Å². The van der Waals surface area contributed by atoms with Gasteiger partial charge in [0.1, 0.15) is 0 Å². The highest BCUT2D eigenvalue weighted by Gasteiger charge is 2.27. The van der Waals surface area contributed by atoms with E-state index in [-0.39, 0.29) is 36.8 Å². The van der Waals surface area contributed by atoms with Crippen molar-refractivity contribution in [2.24, 2.45) is 18.7 Å². The second-order valence-electron chi connectivity index (χ2n) is 7.30. The van der Waals surface area contributed by atoms with Gasteiger partial charge >= 0.3 is 0 Å². The van der Waals surface area contributed by atoms with Crippen molar-refractivity contribution >= 4 is 53.1 Å². The molecule has 0 spiro atoms. The van der Waals surface area contributed by atoms with Crippen LogP contribution in [0.4, 0.5) is 0 Å². The number of carbonyl (C=O) groups excluding carboxylic acids is 1. The van der Waals surface area contributed by atoms with Gasteiger partial charge in [-0.2, -0.15) is 5.10 Å². The summed E-state index contributed by atoms with van der Waals surface area (Å²) in [6.07, 6.45) is 4.41. The Kier molecular flexibility index (Phi) is 8.05. The van der Waals surface area contributed by atoms with Gasteiger partial charge in [-0.1, -0.05) is 18.9 Å². The fourth-order valence-corrected chi connectivity index (χ4v) is 4.79. The maximum Gasteiger partial charge on any atom is 0.252 e. The highest BCUT2D eigenvalue weighted by atomic mass is 35.5. The molecule has 1 aliphatic rings. The molecule has 1 fully saturated rings. The number of carbonyl (C=O) groups is 1. The number of aromatic nitrogens is 3. The Morgan fingerprint density at radius 1 is 1.34 bits per heavy atom. The number of rotatable bonds is 4. The lowest BCUT2D eigenvalue weighted by Crippen LogP contribution is -2.44. The Bertz CT molecular complexity index is 973. The highest BCUT2D eigenvalue weighted by Crippen LogP contribution is 2.30. The first-order valence-electron chi connectivity index (χ1n) is 9.47. The number of hydrogen-bond donors (Lipinski definition) is 2. The molecule has 0 aromatic carbocycles. The molecule has 3 N–H and O–H groups in total. The molecule has 0 bridgehead atoms. The molecule has 0 saturated heterocycles. The summed E-state index contributed by atoms with van der Waals surface area (Å²) >= 11 is 1.62. The summed E-state index contributed by atoms with van der Waals surface area (Å²) in [4.78, 5) is 19.1. The van der Waals surface area contributed by atoms with Crippen molar-refractivity contribution in [2.75, 3.05) is 6.54 Å². The topological polar surface area (TPSA) is 85.8 Å². The number of amides is 1. The number of aryl methyl sites for hydroxylation is 2. The van der Waals surface area contributed by atoms with Gasteiger partial charge in [0.2, 0.25) is 0 Å². The van der Waals surface area contributed by atoms with E-state index in [2.05, 4.69) is 10.4 Å². The van der Waals surface area contributed by atoms with Crippen LogP contribution in [0.25, 0.3) is 21.6 Å². The van der Waals surface area contributed by atoms with Crippen LogP contribution < -0.4 is 11.1 Å². The number of nitrogens with one attached hydrogen (secondary N) is 1. The normalized spacial score (nSPS) is 18.7. The first-order chi connectivity index (χ1) is 13.1. The van der Waals surface area contributed by atoms with Crippen LogP contribution in [0.15, 0.2) is 23.6 Å². The molecule has 9 heteroatoms. The van der Waals surface area contributed by atoms with Crippen LogP contribution in [-0.4, -0.2) is 33.3 Å². The first-order valence-corrected chi connectivity index (χ1v) is 10.4. The van der Waals surface area contributed by atoms with Crippen molar-refractivity contribution in [1.82, 2.24) is 20.1 Å². The number of nitrogens with two attached hydrogens (primary N) is 1. The molecule has 3 heterocycles. The fourth-order valence-electron chi connectivity index (χ4n) is 4.10. The molecule has 2 atom stereocenters. The molecule has 29 heavy (non-hydrogen) atoms. The Morgan fingerprint density at radius 3 is 2.79 bits per heavy atom. The average molecular weight is 456 g/mol. The molecule has 1 saturated carbocycles. The number of pyridine rings is 1. The van der Waals surface area contributed by atoms with Crippen LogP contribution in [0.3, 0.4) is 0 Å². The monoisotopic (exact) mass is 455 g/mol. The van der Waals surface area contributed by atoms with Crippen molar-refractivity contribution < 1.29 is 4.79 Å². The van der Waals surface area contributed by atoms with Gasteiger partial charge in [-0.25, -0.2) is 4.98 Å². The lowest BCUT2D eigenvalue weighted by molar-refractivity contribution is 0.0909. The molecule has 1 amide bonds. The van der Waals surface area contributed by atoms with Crippen molar-refractivity contribution in [1.29, 1.82) is 0 Å². The maximum atomic E-state index is 13.3. The van der Waals surface area contributed by atoms with Crippen LogP contribution in [0.1, 0.15) is 41.7 Å². The van der Waals surface area contributed by atoms with E-state index in [1.807, 2.05) is 37.6 Å². The lowest BCUT2D eigenvalue weighted by atomic mass is 9.84. The second-order valence-corrected chi connectivity index (χ2v) is 8.25. The van der Waals surface area contributed by atoms with Gasteiger partial charge in [0.25, 0.3) is 5.91 Å². The first kappa shape index (κ1) is 23.6. The third kappa shape index (κ3) is 4.58. The van der Waals surface area contributed by atoms with Gasteiger partial charge < -0.3 is 11.1 Å². The van der Waals surface area contributed by atoms with E-state index in [4.69, 9.17) is 10.7 Å². The zero-order valence-corrected chi connectivity index (χ0v) is 19.0. The van der Waals surface area contributed by atoms with E-state index < -0.39 is 0 Å². The van der Waals surface area contributed by atoms with E-state index >= 15 is 0 Å². The van der Waals surface area contributed by atoms with Gasteiger partial charge in [-0.3, -0.25) is 9.48 Å². The molecular weight excluding hydrogens is 429 g/mol.